The Morgan fingerprint density at radius 3 is 2.60 bits per heavy atom. The van der Waals surface area contributed by atoms with Crippen LogP contribution in [0.5, 0.6) is 0 Å². The van der Waals surface area contributed by atoms with Crippen LogP contribution in [-0.2, 0) is 33.4 Å². The molecule has 7 nitrogen and oxygen atoms in total. The van der Waals surface area contributed by atoms with E-state index in [-0.39, 0.29) is 10.9 Å². The normalized spacial score (nSPS) is 11.6. The summed E-state index contributed by atoms with van der Waals surface area (Å²) in [5.74, 6) is 0.307. The lowest BCUT2D eigenvalue weighted by molar-refractivity contribution is 0.182. The number of sulfone groups is 1. The maximum Gasteiger partial charge on any atom is 0.228 e. The number of benzene rings is 1. The average molecular weight is 453 g/mol. The molecule has 9 heteroatoms. The van der Waals surface area contributed by atoms with Crippen molar-refractivity contribution in [3.05, 3.63) is 47.8 Å². The minimum atomic E-state index is -3.61. The number of thiocarbonyl (C=S) groups is 1. The van der Waals surface area contributed by atoms with Gasteiger partial charge < -0.3 is 19.5 Å². The fraction of sp³-hybridized carbons (Fsp3) is 0.524. The lowest BCUT2D eigenvalue weighted by atomic mass is 10.2. The van der Waals surface area contributed by atoms with E-state index >= 15 is 0 Å². The van der Waals surface area contributed by atoms with Crippen molar-refractivity contribution < 1.29 is 13.2 Å². The van der Waals surface area contributed by atoms with E-state index in [1.165, 1.54) is 0 Å². The molecule has 0 atom stereocenters. The van der Waals surface area contributed by atoms with Crippen LogP contribution < -0.4 is 5.32 Å². The van der Waals surface area contributed by atoms with Gasteiger partial charge in [0.25, 0.3) is 0 Å². The van der Waals surface area contributed by atoms with Gasteiger partial charge in [-0.3, -0.25) is 0 Å². The number of rotatable bonds is 11. The van der Waals surface area contributed by atoms with Gasteiger partial charge in [-0.1, -0.05) is 44.2 Å². The Balaban J connectivity index is 2.36. The number of aromatic nitrogens is 2. The molecule has 0 unspecified atom stereocenters. The Kier molecular flexibility index (Phi) is 9.26. The molecule has 0 aliphatic heterocycles. The lowest BCUT2D eigenvalue weighted by Crippen LogP contribution is -2.41. The molecule has 0 fully saturated rings. The average Bonchev–Trinajstić information content (AvgIpc) is 3.09. The van der Waals surface area contributed by atoms with Crippen molar-refractivity contribution in [2.45, 2.75) is 44.8 Å². The largest absolute Gasteiger partial charge is 0.383 e. The number of methoxy groups -OCH3 is 1. The zero-order valence-corrected chi connectivity index (χ0v) is 19.8. The Morgan fingerprint density at radius 2 is 2.00 bits per heavy atom. The van der Waals surface area contributed by atoms with E-state index in [0.29, 0.717) is 30.7 Å². The molecule has 1 aromatic heterocycles. The first-order valence-electron chi connectivity index (χ1n) is 10.1. The summed E-state index contributed by atoms with van der Waals surface area (Å²) < 4.78 is 33.2. The first-order chi connectivity index (χ1) is 14.3. The highest BCUT2D eigenvalue weighted by Gasteiger charge is 2.25. The summed E-state index contributed by atoms with van der Waals surface area (Å²) in [4.78, 5) is 6.36. The van der Waals surface area contributed by atoms with Gasteiger partial charge in [0.05, 0.1) is 30.8 Å². The van der Waals surface area contributed by atoms with Crippen molar-refractivity contribution in [2.24, 2.45) is 5.92 Å². The molecule has 0 aliphatic rings. The molecule has 0 saturated heterocycles. The second-order valence-electron chi connectivity index (χ2n) is 7.53. The van der Waals surface area contributed by atoms with E-state index in [9.17, 15) is 8.42 Å². The molecule has 2 aromatic rings. The van der Waals surface area contributed by atoms with Gasteiger partial charge in [0, 0.05) is 26.7 Å². The van der Waals surface area contributed by atoms with Crippen LogP contribution in [0, 0.1) is 5.92 Å². The molecule has 30 heavy (non-hydrogen) atoms. The Morgan fingerprint density at radius 1 is 1.30 bits per heavy atom. The van der Waals surface area contributed by atoms with Crippen LogP contribution in [0.3, 0.4) is 0 Å². The predicted molar refractivity (Wildman–Crippen MR) is 123 cm³/mol. The molecule has 0 amide bonds. The lowest BCUT2D eigenvalue weighted by Gasteiger charge is -2.27. The molecule has 166 valence electrons. The molecule has 0 saturated carbocycles. The predicted octanol–water partition coefficient (Wildman–Crippen LogP) is 2.86. The quantitative estimate of drug-likeness (QED) is 0.525. The van der Waals surface area contributed by atoms with Crippen molar-refractivity contribution in [1.82, 2.24) is 19.8 Å². The smallest absolute Gasteiger partial charge is 0.228 e. The van der Waals surface area contributed by atoms with Crippen molar-refractivity contribution in [1.29, 1.82) is 0 Å². The summed E-state index contributed by atoms with van der Waals surface area (Å²) >= 11 is 5.53. The fourth-order valence-corrected chi connectivity index (χ4v) is 4.97. The highest BCUT2D eigenvalue weighted by Crippen LogP contribution is 2.19. The molecular weight excluding hydrogens is 420 g/mol. The van der Waals surface area contributed by atoms with E-state index in [2.05, 4.69) is 29.0 Å². The van der Waals surface area contributed by atoms with Gasteiger partial charge in [-0.25, -0.2) is 13.4 Å². The van der Waals surface area contributed by atoms with Crippen LogP contribution in [0.25, 0.3) is 0 Å². The summed E-state index contributed by atoms with van der Waals surface area (Å²) in [6.07, 6.45) is 1.63. The van der Waals surface area contributed by atoms with Gasteiger partial charge in [-0.05, 0) is 30.6 Å². The summed E-state index contributed by atoms with van der Waals surface area (Å²) in [6.45, 7) is 9.00. The van der Waals surface area contributed by atoms with E-state index in [4.69, 9.17) is 17.0 Å². The highest BCUT2D eigenvalue weighted by molar-refractivity contribution is 7.90. The van der Waals surface area contributed by atoms with Gasteiger partial charge >= 0.3 is 0 Å². The first-order valence-corrected chi connectivity index (χ1v) is 12.2. The van der Waals surface area contributed by atoms with Crippen LogP contribution in [0.4, 0.5) is 0 Å². The Hall–Kier alpha value is -1.97. The standard InChI is InChI=1S/C21H32N4O3S2/c1-5-22-20(29)24(14-17(2)3)15-19-13-23-21(25(19)11-12-28-4)30(26,27)16-18-9-7-6-8-10-18/h6-10,13,17H,5,11-12,14-16H2,1-4H3,(H,22,29). The zero-order valence-electron chi connectivity index (χ0n) is 18.2. The van der Waals surface area contributed by atoms with Gasteiger partial charge in [0.1, 0.15) is 0 Å². The highest BCUT2D eigenvalue weighted by atomic mass is 32.2. The molecular formula is C21H32N4O3S2. The van der Waals surface area contributed by atoms with Crippen molar-refractivity contribution >= 4 is 27.2 Å². The minimum absolute atomic E-state index is 0.0669. The zero-order chi connectivity index (χ0) is 22.1. The number of imidazole rings is 1. The van der Waals surface area contributed by atoms with Crippen LogP contribution in [0.1, 0.15) is 32.0 Å². The van der Waals surface area contributed by atoms with Crippen LogP contribution >= 0.6 is 12.2 Å². The van der Waals surface area contributed by atoms with E-state index < -0.39 is 9.84 Å². The van der Waals surface area contributed by atoms with Crippen molar-refractivity contribution in [2.75, 3.05) is 26.8 Å². The molecule has 0 bridgehead atoms. The number of nitrogens with one attached hydrogen (secondary N) is 1. The second-order valence-corrected chi connectivity index (χ2v) is 9.80. The van der Waals surface area contributed by atoms with Crippen molar-refractivity contribution in [3.8, 4) is 0 Å². The molecule has 2 rings (SSSR count). The molecule has 1 N–H and O–H groups in total. The number of ether oxygens (including phenoxy) is 1. The first kappa shape index (κ1) is 24.3. The second kappa shape index (κ2) is 11.4. The van der Waals surface area contributed by atoms with Crippen LogP contribution in [0.15, 0.2) is 41.7 Å². The Bertz CT molecular complexity index is 912. The molecule has 1 aromatic carbocycles. The minimum Gasteiger partial charge on any atom is -0.383 e. The van der Waals surface area contributed by atoms with E-state index in [1.807, 2.05) is 25.1 Å². The van der Waals surface area contributed by atoms with Crippen LogP contribution in [0.2, 0.25) is 0 Å². The van der Waals surface area contributed by atoms with Gasteiger partial charge in [-0.2, -0.15) is 0 Å². The maximum absolute atomic E-state index is 13.1. The third-order valence-electron chi connectivity index (χ3n) is 4.45. The van der Waals surface area contributed by atoms with E-state index in [1.54, 1.807) is 30.0 Å². The summed E-state index contributed by atoms with van der Waals surface area (Å²) in [5, 5.41) is 3.91. The molecule has 0 spiro atoms. The number of hydrogen-bond donors (Lipinski definition) is 1. The number of hydrogen-bond acceptors (Lipinski definition) is 5. The SMILES string of the molecule is CCNC(=S)N(Cc1cnc(S(=O)(=O)Cc2ccccc2)n1CCOC)CC(C)C. The van der Waals surface area contributed by atoms with Crippen LogP contribution in [-0.4, -0.2) is 54.8 Å². The molecule has 0 radical (unpaired) electrons. The van der Waals surface area contributed by atoms with Gasteiger partial charge in [0.15, 0.2) is 5.11 Å². The van der Waals surface area contributed by atoms with Gasteiger partial charge in [-0.15, -0.1) is 0 Å². The van der Waals surface area contributed by atoms with E-state index in [0.717, 1.165) is 24.3 Å². The third kappa shape index (κ3) is 6.78. The maximum atomic E-state index is 13.1. The fourth-order valence-electron chi connectivity index (χ4n) is 3.16. The number of nitrogens with zero attached hydrogens (tertiary/aromatic N) is 3. The van der Waals surface area contributed by atoms with Gasteiger partial charge in [0.2, 0.25) is 15.0 Å². The molecule has 1 heterocycles. The topological polar surface area (TPSA) is 76.5 Å². The summed E-state index contributed by atoms with van der Waals surface area (Å²) in [5.41, 5.74) is 1.52. The summed E-state index contributed by atoms with van der Waals surface area (Å²) in [7, 11) is -2.02. The monoisotopic (exact) mass is 452 g/mol. The Labute approximate surface area is 185 Å². The third-order valence-corrected chi connectivity index (χ3v) is 6.45. The molecule has 0 aliphatic carbocycles. The van der Waals surface area contributed by atoms with Crippen molar-refractivity contribution in [3.63, 3.8) is 0 Å². The summed E-state index contributed by atoms with van der Waals surface area (Å²) in [6, 6.07) is 9.14.